The number of carbonyl (C=O) groups is 1. The summed E-state index contributed by atoms with van der Waals surface area (Å²) in [6.45, 7) is 5.20. The van der Waals surface area contributed by atoms with Crippen LogP contribution in [0.25, 0.3) is 0 Å². The van der Waals surface area contributed by atoms with E-state index in [1.54, 1.807) is 0 Å². The van der Waals surface area contributed by atoms with Crippen molar-refractivity contribution in [2.45, 2.75) is 45.6 Å². The first kappa shape index (κ1) is 9.72. The van der Waals surface area contributed by atoms with Crippen molar-refractivity contribution in [1.82, 2.24) is 5.32 Å². The highest BCUT2D eigenvalue weighted by atomic mass is 16.1. The lowest BCUT2D eigenvalue weighted by molar-refractivity contribution is -0.124. The topological polar surface area (TPSA) is 29.1 Å². The van der Waals surface area contributed by atoms with Crippen LogP contribution in [0.3, 0.4) is 0 Å². The Kier molecular flexibility index (Phi) is 3.73. The third-order valence-corrected chi connectivity index (χ3v) is 2.61. The third kappa shape index (κ3) is 2.31. The van der Waals surface area contributed by atoms with E-state index in [9.17, 15) is 4.79 Å². The first-order chi connectivity index (χ1) is 5.75. The molecule has 0 bridgehead atoms. The van der Waals surface area contributed by atoms with Gasteiger partial charge in [-0.3, -0.25) is 4.79 Å². The molecule has 1 aliphatic rings. The normalized spacial score (nSPS) is 25.7. The zero-order valence-corrected chi connectivity index (χ0v) is 8.10. The molecule has 2 nitrogen and oxygen atoms in total. The highest BCUT2D eigenvalue weighted by Crippen LogP contribution is 2.14. The van der Waals surface area contributed by atoms with E-state index in [1.807, 2.05) is 6.92 Å². The first-order valence-corrected chi connectivity index (χ1v) is 5.02. The second-order valence-electron chi connectivity index (χ2n) is 3.74. The van der Waals surface area contributed by atoms with E-state index < -0.39 is 0 Å². The van der Waals surface area contributed by atoms with Gasteiger partial charge >= 0.3 is 0 Å². The van der Waals surface area contributed by atoms with Crippen molar-refractivity contribution in [3.63, 3.8) is 0 Å². The molecule has 0 spiro atoms. The van der Waals surface area contributed by atoms with Gasteiger partial charge in [-0.25, -0.2) is 0 Å². The number of hydrogen-bond donors (Lipinski definition) is 1. The fourth-order valence-electron chi connectivity index (χ4n) is 1.85. The van der Waals surface area contributed by atoms with E-state index in [0.29, 0.717) is 5.78 Å². The van der Waals surface area contributed by atoms with Crippen molar-refractivity contribution >= 4 is 5.78 Å². The lowest BCUT2D eigenvalue weighted by Gasteiger charge is -2.14. The molecule has 2 unspecified atom stereocenters. The van der Waals surface area contributed by atoms with Crippen LogP contribution in [-0.4, -0.2) is 18.4 Å². The van der Waals surface area contributed by atoms with Crippen LogP contribution in [0.15, 0.2) is 0 Å². The molecular formula is C10H19NO. The molecule has 1 N–H and O–H groups in total. The number of rotatable bonds is 4. The van der Waals surface area contributed by atoms with Gasteiger partial charge in [0.15, 0.2) is 5.78 Å². The Morgan fingerprint density at radius 3 is 2.92 bits per heavy atom. The van der Waals surface area contributed by atoms with Crippen LogP contribution in [0.1, 0.15) is 39.5 Å². The minimum Gasteiger partial charge on any atom is -0.307 e. The van der Waals surface area contributed by atoms with Gasteiger partial charge in [-0.2, -0.15) is 0 Å². The zero-order chi connectivity index (χ0) is 8.97. The number of Topliss-reactive ketones (excluding diaryl/α,β-unsaturated/α-hetero) is 1. The summed E-state index contributed by atoms with van der Waals surface area (Å²) >= 11 is 0. The molecule has 0 amide bonds. The second-order valence-corrected chi connectivity index (χ2v) is 3.74. The maximum absolute atomic E-state index is 11.7. The van der Waals surface area contributed by atoms with Gasteiger partial charge in [-0.1, -0.05) is 20.3 Å². The number of carbonyl (C=O) groups excluding carboxylic acids is 1. The quantitative estimate of drug-likeness (QED) is 0.694. The summed E-state index contributed by atoms with van der Waals surface area (Å²) in [7, 11) is 0. The summed E-state index contributed by atoms with van der Waals surface area (Å²) < 4.78 is 0. The summed E-state index contributed by atoms with van der Waals surface area (Å²) in [5.74, 6) is 0.681. The van der Waals surface area contributed by atoms with Crippen molar-refractivity contribution < 1.29 is 4.79 Å². The molecule has 0 saturated carbocycles. The maximum Gasteiger partial charge on any atom is 0.152 e. The standard InChI is InChI=1S/C10H19NO/c1-3-5-8(2)10(12)9-6-4-7-11-9/h8-9,11H,3-7H2,1-2H3. The largest absolute Gasteiger partial charge is 0.307 e. The van der Waals surface area contributed by atoms with Crippen LogP contribution in [0, 0.1) is 5.92 Å². The van der Waals surface area contributed by atoms with Gasteiger partial charge < -0.3 is 5.32 Å². The Morgan fingerprint density at radius 2 is 2.42 bits per heavy atom. The van der Waals surface area contributed by atoms with E-state index >= 15 is 0 Å². The average Bonchev–Trinajstić information content (AvgIpc) is 2.55. The van der Waals surface area contributed by atoms with Gasteiger partial charge in [0.25, 0.3) is 0 Å². The molecule has 12 heavy (non-hydrogen) atoms. The van der Waals surface area contributed by atoms with E-state index in [1.165, 1.54) is 0 Å². The Bertz CT molecular complexity index is 150. The highest BCUT2D eigenvalue weighted by Gasteiger charge is 2.25. The smallest absolute Gasteiger partial charge is 0.152 e. The maximum atomic E-state index is 11.7. The molecule has 2 heteroatoms. The molecule has 1 fully saturated rings. The lowest BCUT2D eigenvalue weighted by Crippen LogP contribution is -2.34. The summed E-state index contributed by atoms with van der Waals surface area (Å²) in [5, 5.41) is 3.25. The SMILES string of the molecule is CCCC(C)C(=O)C1CCCN1. The van der Waals surface area contributed by atoms with Crippen LogP contribution < -0.4 is 5.32 Å². The minimum absolute atomic E-state index is 0.173. The van der Waals surface area contributed by atoms with Gasteiger partial charge in [0.1, 0.15) is 0 Å². The van der Waals surface area contributed by atoms with Gasteiger partial charge in [0, 0.05) is 5.92 Å². The molecule has 1 heterocycles. The molecule has 0 aromatic rings. The first-order valence-electron chi connectivity index (χ1n) is 5.02. The molecule has 1 aliphatic heterocycles. The highest BCUT2D eigenvalue weighted by molar-refractivity contribution is 5.86. The summed E-state index contributed by atoms with van der Waals surface area (Å²) in [5.41, 5.74) is 0. The van der Waals surface area contributed by atoms with Crippen LogP contribution in [0.2, 0.25) is 0 Å². The molecule has 0 aromatic heterocycles. The van der Waals surface area contributed by atoms with Gasteiger partial charge in [-0.05, 0) is 25.8 Å². The van der Waals surface area contributed by atoms with Crippen LogP contribution in [-0.2, 0) is 4.79 Å². The molecule has 70 valence electrons. The number of nitrogens with one attached hydrogen (secondary N) is 1. The van der Waals surface area contributed by atoms with E-state index in [-0.39, 0.29) is 12.0 Å². The van der Waals surface area contributed by atoms with Crippen molar-refractivity contribution in [2.24, 2.45) is 5.92 Å². The summed E-state index contributed by atoms with van der Waals surface area (Å²) in [4.78, 5) is 11.7. The summed E-state index contributed by atoms with van der Waals surface area (Å²) in [6, 6.07) is 0.173. The Labute approximate surface area is 74.7 Å². The Balaban J connectivity index is 2.34. The Hall–Kier alpha value is -0.370. The third-order valence-electron chi connectivity index (χ3n) is 2.61. The van der Waals surface area contributed by atoms with Crippen molar-refractivity contribution in [3.8, 4) is 0 Å². The van der Waals surface area contributed by atoms with Crippen molar-refractivity contribution in [3.05, 3.63) is 0 Å². The lowest BCUT2D eigenvalue weighted by atomic mass is 9.95. The van der Waals surface area contributed by atoms with E-state index in [2.05, 4.69) is 12.2 Å². The van der Waals surface area contributed by atoms with Crippen LogP contribution in [0.5, 0.6) is 0 Å². The summed E-state index contributed by atoms with van der Waals surface area (Å²) in [6.07, 6.45) is 4.36. The molecule has 2 atom stereocenters. The van der Waals surface area contributed by atoms with Crippen LogP contribution in [0.4, 0.5) is 0 Å². The fraction of sp³-hybridized carbons (Fsp3) is 0.900. The predicted molar refractivity (Wildman–Crippen MR) is 50.1 cm³/mol. The van der Waals surface area contributed by atoms with Gasteiger partial charge in [0.2, 0.25) is 0 Å². The van der Waals surface area contributed by atoms with E-state index in [0.717, 1.165) is 32.2 Å². The molecule has 1 saturated heterocycles. The number of ketones is 1. The monoisotopic (exact) mass is 169 g/mol. The molecular weight excluding hydrogens is 150 g/mol. The minimum atomic E-state index is 0.173. The number of hydrogen-bond acceptors (Lipinski definition) is 2. The molecule has 0 aliphatic carbocycles. The predicted octanol–water partition coefficient (Wildman–Crippen LogP) is 1.74. The van der Waals surface area contributed by atoms with E-state index in [4.69, 9.17) is 0 Å². The van der Waals surface area contributed by atoms with Gasteiger partial charge in [-0.15, -0.1) is 0 Å². The van der Waals surface area contributed by atoms with Crippen molar-refractivity contribution in [2.75, 3.05) is 6.54 Å². The zero-order valence-electron chi connectivity index (χ0n) is 8.10. The second kappa shape index (κ2) is 4.61. The molecule has 1 rings (SSSR count). The Morgan fingerprint density at radius 1 is 1.67 bits per heavy atom. The molecule has 0 aromatic carbocycles. The average molecular weight is 169 g/mol. The molecule has 0 radical (unpaired) electrons. The van der Waals surface area contributed by atoms with Crippen molar-refractivity contribution in [1.29, 1.82) is 0 Å². The van der Waals surface area contributed by atoms with Crippen LogP contribution >= 0.6 is 0 Å². The van der Waals surface area contributed by atoms with Gasteiger partial charge in [0.05, 0.1) is 6.04 Å². The fourth-order valence-corrected chi connectivity index (χ4v) is 1.85.